The van der Waals surface area contributed by atoms with E-state index in [4.69, 9.17) is 5.73 Å². The molecule has 1 aromatic rings. The van der Waals surface area contributed by atoms with Crippen molar-refractivity contribution >= 4 is 11.4 Å². The molecule has 0 fully saturated rings. The van der Waals surface area contributed by atoms with Crippen molar-refractivity contribution in [3.8, 4) is 0 Å². The molecule has 1 aromatic carbocycles. The van der Waals surface area contributed by atoms with E-state index >= 15 is 0 Å². The Kier molecular flexibility index (Phi) is 1.69. The Labute approximate surface area is 75.5 Å². The fourth-order valence-electron chi connectivity index (χ4n) is 1.84. The number of benzene rings is 1. The van der Waals surface area contributed by atoms with Crippen LogP contribution >= 0.6 is 0 Å². The van der Waals surface area contributed by atoms with E-state index in [0.717, 1.165) is 24.8 Å². The summed E-state index contributed by atoms with van der Waals surface area (Å²) in [6.07, 6.45) is 2.93. The lowest BCUT2D eigenvalue weighted by Crippen LogP contribution is -1.99. The van der Waals surface area contributed by atoms with Crippen molar-refractivity contribution in [1.29, 1.82) is 0 Å². The second-order valence-electron chi connectivity index (χ2n) is 3.25. The summed E-state index contributed by atoms with van der Waals surface area (Å²) < 4.78 is 0. The van der Waals surface area contributed by atoms with Crippen LogP contribution in [0.3, 0.4) is 0 Å². The molecule has 4 nitrogen and oxygen atoms in total. The van der Waals surface area contributed by atoms with Gasteiger partial charge in [0.1, 0.15) is 5.69 Å². The molecule has 13 heavy (non-hydrogen) atoms. The van der Waals surface area contributed by atoms with Crippen LogP contribution in [0.2, 0.25) is 0 Å². The number of anilines is 1. The molecule has 0 unspecified atom stereocenters. The summed E-state index contributed by atoms with van der Waals surface area (Å²) in [5.41, 5.74) is 8.25. The van der Waals surface area contributed by atoms with E-state index in [1.165, 1.54) is 11.6 Å². The molecule has 0 aromatic heterocycles. The highest BCUT2D eigenvalue weighted by Gasteiger charge is 2.20. The average molecular weight is 178 g/mol. The van der Waals surface area contributed by atoms with E-state index in [1.54, 1.807) is 0 Å². The SMILES string of the molecule is Nc1c([N+](=O)[O-])ccc2c1CCC2. The quantitative estimate of drug-likeness (QED) is 0.404. The highest BCUT2D eigenvalue weighted by molar-refractivity contribution is 5.66. The van der Waals surface area contributed by atoms with Gasteiger partial charge in [-0.25, -0.2) is 0 Å². The molecular formula is C9H10N2O2. The van der Waals surface area contributed by atoms with Gasteiger partial charge in [-0.1, -0.05) is 6.07 Å². The molecule has 1 aliphatic carbocycles. The number of fused-ring (bicyclic) bond motifs is 1. The summed E-state index contributed by atoms with van der Waals surface area (Å²) in [5, 5.41) is 10.5. The molecule has 68 valence electrons. The first-order valence-corrected chi connectivity index (χ1v) is 4.25. The first kappa shape index (κ1) is 8.04. The van der Waals surface area contributed by atoms with Gasteiger partial charge in [-0.3, -0.25) is 10.1 Å². The van der Waals surface area contributed by atoms with Crippen LogP contribution < -0.4 is 5.73 Å². The van der Waals surface area contributed by atoms with Crippen molar-refractivity contribution in [2.45, 2.75) is 19.3 Å². The Hall–Kier alpha value is -1.58. The van der Waals surface area contributed by atoms with Crippen molar-refractivity contribution in [2.24, 2.45) is 0 Å². The molecule has 0 aliphatic heterocycles. The van der Waals surface area contributed by atoms with E-state index in [9.17, 15) is 10.1 Å². The number of nitrogens with zero attached hydrogens (tertiary/aromatic N) is 1. The normalized spacial score (nSPS) is 14.2. The lowest BCUT2D eigenvalue weighted by molar-refractivity contribution is -0.383. The van der Waals surface area contributed by atoms with Gasteiger partial charge in [-0.05, 0) is 30.4 Å². The predicted molar refractivity (Wildman–Crippen MR) is 49.5 cm³/mol. The standard InChI is InChI=1S/C9H10N2O2/c10-9-7-3-1-2-6(7)4-5-8(9)11(12)13/h4-5H,1-3,10H2. The van der Waals surface area contributed by atoms with Gasteiger partial charge in [0.15, 0.2) is 0 Å². The lowest BCUT2D eigenvalue weighted by atomic mass is 10.1. The number of hydrogen-bond acceptors (Lipinski definition) is 3. The van der Waals surface area contributed by atoms with Crippen LogP contribution in [0.4, 0.5) is 11.4 Å². The van der Waals surface area contributed by atoms with Gasteiger partial charge in [-0.2, -0.15) is 0 Å². The van der Waals surface area contributed by atoms with Crippen LogP contribution in [-0.2, 0) is 12.8 Å². The van der Waals surface area contributed by atoms with Gasteiger partial charge in [0.05, 0.1) is 4.92 Å². The number of rotatable bonds is 1. The molecule has 0 heterocycles. The topological polar surface area (TPSA) is 69.2 Å². The number of nitro groups is 1. The monoisotopic (exact) mass is 178 g/mol. The van der Waals surface area contributed by atoms with E-state index in [-0.39, 0.29) is 5.69 Å². The van der Waals surface area contributed by atoms with Gasteiger partial charge in [0, 0.05) is 6.07 Å². The van der Waals surface area contributed by atoms with Gasteiger partial charge in [-0.15, -0.1) is 0 Å². The van der Waals surface area contributed by atoms with Crippen molar-refractivity contribution in [3.05, 3.63) is 33.4 Å². The molecule has 2 N–H and O–H groups in total. The molecule has 1 aliphatic rings. The van der Waals surface area contributed by atoms with E-state index in [2.05, 4.69) is 0 Å². The Morgan fingerprint density at radius 1 is 1.38 bits per heavy atom. The summed E-state index contributed by atoms with van der Waals surface area (Å²) >= 11 is 0. The number of nitro benzene ring substituents is 1. The zero-order valence-corrected chi connectivity index (χ0v) is 7.12. The highest BCUT2D eigenvalue weighted by Crippen LogP contribution is 2.33. The molecule has 0 amide bonds. The van der Waals surface area contributed by atoms with Crippen LogP contribution in [0.25, 0.3) is 0 Å². The Morgan fingerprint density at radius 3 is 2.85 bits per heavy atom. The zero-order chi connectivity index (χ0) is 9.42. The van der Waals surface area contributed by atoms with E-state index in [0.29, 0.717) is 5.69 Å². The van der Waals surface area contributed by atoms with Crippen molar-refractivity contribution < 1.29 is 4.92 Å². The fourth-order valence-corrected chi connectivity index (χ4v) is 1.84. The summed E-state index contributed by atoms with van der Waals surface area (Å²) in [7, 11) is 0. The summed E-state index contributed by atoms with van der Waals surface area (Å²) in [6.45, 7) is 0. The van der Waals surface area contributed by atoms with Crippen LogP contribution in [0.5, 0.6) is 0 Å². The minimum absolute atomic E-state index is 0.0423. The molecule has 0 radical (unpaired) electrons. The second-order valence-corrected chi connectivity index (χ2v) is 3.25. The van der Waals surface area contributed by atoms with E-state index < -0.39 is 4.92 Å². The maximum absolute atomic E-state index is 10.5. The summed E-state index contributed by atoms with van der Waals surface area (Å²) in [5.74, 6) is 0. The summed E-state index contributed by atoms with van der Waals surface area (Å²) in [6, 6.07) is 3.32. The molecule has 2 rings (SSSR count). The van der Waals surface area contributed by atoms with Gasteiger partial charge < -0.3 is 5.73 Å². The Bertz CT molecular complexity index is 374. The van der Waals surface area contributed by atoms with Gasteiger partial charge in [0.25, 0.3) is 5.69 Å². The van der Waals surface area contributed by atoms with Gasteiger partial charge >= 0.3 is 0 Å². The third kappa shape index (κ3) is 1.14. The molecular weight excluding hydrogens is 168 g/mol. The molecule has 0 spiro atoms. The number of hydrogen-bond donors (Lipinski definition) is 1. The molecule has 0 atom stereocenters. The highest BCUT2D eigenvalue weighted by atomic mass is 16.6. The second kappa shape index (κ2) is 2.73. The molecule has 0 saturated heterocycles. The van der Waals surface area contributed by atoms with Crippen molar-refractivity contribution in [1.82, 2.24) is 0 Å². The number of nitrogen functional groups attached to an aromatic ring is 1. The molecule has 0 saturated carbocycles. The van der Waals surface area contributed by atoms with Crippen LogP contribution in [-0.4, -0.2) is 4.92 Å². The Morgan fingerprint density at radius 2 is 2.15 bits per heavy atom. The zero-order valence-electron chi connectivity index (χ0n) is 7.12. The smallest absolute Gasteiger partial charge is 0.292 e. The minimum Gasteiger partial charge on any atom is -0.393 e. The van der Waals surface area contributed by atoms with Crippen molar-refractivity contribution in [3.63, 3.8) is 0 Å². The van der Waals surface area contributed by atoms with Crippen LogP contribution in [0.15, 0.2) is 12.1 Å². The van der Waals surface area contributed by atoms with Crippen LogP contribution in [0, 0.1) is 10.1 Å². The fraction of sp³-hybridized carbons (Fsp3) is 0.333. The van der Waals surface area contributed by atoms with Crippen molar-refractivity contribution in [2.75, 3.05) is 5.73 Å². The minimum atomic E-state index is -0.423. The lowest BCUT2D eigenvalue weighted by Gasteiger charge is -2.03. The Balaban J connectivity index is 2.59. The first-order valence-electron chi connectivity index (χ1n) is 4.25. The summed E-state index contributed by atoms with van der Waals surface area (Å²) in [4.78, 5) is 10.1. The molecule has 4 heteroatoms. The largest absolute Gasteiger partial charge is 0.393 e. The maximum atomic E-state index is 10.5. The predicted octanol–water partition coefficient (Wildman–Crippen LogP) is 1.67. The third-order valence-electron chi connectivity index (χ3n) is 2.50. The number of aryl methyl sites for hydroxylation is 1. The number of nitrogens with two attached hydrogens (primary N) is 1. The van der Waals surface area contributed by atoms with Gasteiger partial charge in [0.2, 0.25) is 0 Å². The molecule has 0 bridgehead atoms. The third-order valence-corrected chi connectivity index (χ3v) is 2.50. The van der Waals surface area contributed by atoms with E-state index in [1.807, 2.05) is 6.07 Å². The average Bonchev–Trinajstić information content (AvgIpc) is 2.52. The van der Waals surface area contributed by atoms with Crippen LogP contribution in [0.1, 0.15) is 17.5 Å². The maximum Gasteiger partial charge on any atom is 0.292 e. The first-order chi connectivity index (χ1) is 6.20.